The van der Waals surface area contributed by atoms with E-state index in [-0.39, 0.29) is 11.7 Å². The first kappa shape index (κ1) is 18.0. The number of ketones is 1. The first-order valence-corrected chi connectivity index (χ1v) is 8.95. The number of hydrogen-bond donors (Lipinski definition) is 1. The van der Waals surface area contributed by atoms with Gasteiger partial charge >= 0.3 is 0 Å². The monoisotopic (exact) mass is 352 g/mol. The lowest BCUT2D eigenvalue weighted by Gasteiger charge is -2.30. The Morgan fingerprint density at radius 2 is 1.77 bits per heavy atom. The summed E-state index contributed by atoms with van der Waals surface area (Å²) in [4.78, 5) is 34.8. The zero-order valence-electron chi connectivity index (χ0n) is 15.5. The Bertz CT molecular complexity index is 809. The lowest BCUT2D eigenvalue weighted by atomic mass is 9.99. The third-order valence-electron chi connectivity index (χ3n) is 4.69. The highest BCUT2D eigenvalue weighted by molar-refractivity contribution is 5.94. The molecule has 6 nitrogen and oxygen atoms in total. The number of piperidine rings is 1. The van der Waals surface area contributed by atoms with Crippen molar-refractivity contribution in [1.82, 2.24) is 14.9 Å². The van der Waals surface area contributed by atoms with Gasteiger partial charge in [0.2, 0.25) is 5.95 Å². The molecule has 2 aromatic rings. The maximum Gasteiger partial charge on any atom is 0.272 e. The highest BCUT2D eigenvalue weighted by atomic mass is 16.2. The first-order valence-electron chi connectivity index (χ1n) is 8.95. The number of Topliss-reactive ketones (excluding diaryl/α,β-unsaturated/α-hetero) is 1. The predicted molar refractivity (Wildman–Crippen MR) is 101 cm³/mol. The van der Waals surface area contributed by atoms with E-state index in [0.29, 0.717) is 23.1 Å². The summed E-state index contributed by atoms with van der Waals surface area (Å²) in [5.41, 5.74) is 2.56. The van der Waals surface area contributed by atoms with Gasteiger partial charge in [-0.3, -0.25) is 9.59 Å². The second-order valence-electron chi connectivity index (χ2n) is 6.95. The quantitative estimate of drug-likeness (QED) is 0.851. The average Bonchev–Trinajstić information content (AvgIpc) is 2.61. The van der Waals surface area contributed by atoms with Gasteiger partial charge in [0.1, 0.15) is 5.69 Å². The maximum absolute atomic E-state index is 12.8. The number of carbonyl (C=O) groups excluding carboxylic acids is 2. The van der Waals surface area contributed by atoms with Crippen molar-refractivity contribution in [2.24, 2.45) is 5.92 Å². The summed E-state index contributed by atoms with van der Waals surface area (Å²) in [6.07, 6.45) is 2.06. The molecule has 0 saturated carbocycles. The van der Waals surface area contributed by atoms with E-state index in [4.69, 9.17) is 0 Å². The van der Waals surface area contributed by atoms with Crippen LogP contribution in [0.2, 0.25) is 0 Å². The SMILES string of the molecule is CC(=O)c1ccc(Nc2nc(C)cc(C(=O)N3CCC(C)CC3)n2)cc1. The van der Waals surface area contributed by atoms with E-state index in [9.17, 15) is 9.59 Å². The van der Waals surface area contributed by atoms with Crippen LogP contribution in [0.3, 0.4) is 0 Å². The Kier molecular flexibility index (Phi) is 5.30. The van der Waals surface area contributed by atoms with Crippen LogP contribution < -0.4 is 5.32 Å². The molecule has 1 N–H and O–H groups in total. The number of amides is 1. The van der Waals surface area contributed by atoms with E-state index in [1.807, 2.05) is 11.8 Å². The molecule has 1 saturated heterocycles. The van der Waals surface area contributed by atoms with Crippen LogP contribution in [0.1, 0.15) is 53.2 Å². The topological polar surface area (TPSA) is 75.2 Å². The van der Waals surface area contributed by atoms with Crippen LogP contribution in [-0.4, -0.2) is 39.6 Å². The minimum absolute atomic E-state index is 0.0205. The smallest absolute Gasteiger partial charge is 0.272 e. The molecule has 0 aliphatic carbocycles. The van der Waals surface area contributed by atoms with E-state index in [0.717, 1.165) is 37.3 Å². The van der Waals surface area contributed by atoms with Crippen LogP contribution in [-0.2, 0) is 0 Å². The molecule has 1 amide bonds. The Labute approximate surface area is 153 Å². The summed E-state index contributed by atoms with van der Waals surface area (Å²) in [5, 5.41) is 3.11. The highest BCUT2D eigenvalue weighted by Crippen LogP contribution is 2.19. The third-order valence-corrected chi connectivity index (χ3v) is 4.69. The lowest BCUT2D eigenvalue weighted by molar-refractivity contribution is 0.0691. The normalized spacial score (nSPS) is 15.0. The standard InChI is InChI=1S/C20H24N4O2/c1-13-8-10-24(11-9-13)19(26)18-12-14(2)21-20(23-18)22-17-6-4-16(5-7-17)15(3)25/h4-7,12-13H,8-11H2,1-3H3,(H,21,22,23). The summed E-state index contributed by atoms with van der Waals surface area (Å²) in [7, 11) is 0. The van der Waals surface area contributed by atoms with Crippen LogP contribution in [0.15, 0.2) is 30.3 Å². The Morgan fingerprint density at radius 1 is 1.12 bits per heavy atom. The zero-order valence-corrected chi connectivity index (χ0v) is 15.5. The molecule has 136 valence electrons. The minimum atomic E-state index is -0.0441. The Morgan fingerprint density at radius 3 is 2.38 bits per heavy atom. The predicted octanol–water partition coefficient (Wildman–Crippen LogP) is 3.60. The number of nitrogens with zero attached hydrogens (tertiary/aromatic N) is 3. The van der Waals surface area contributed by atoms with Crippen LogP contribution in [0, 0.1) is 12.8 Å². The van der Waals surface area contributed by atoms with E-state index >= 15 is 0 Å². The fraction of sp³-hybridized carbons (Fsp3) is 0.400. The molecule has 1 aliphatic rings. The van der Waals surface area contributed by atoms with Gasteiger partial charge < -0.3 is 10.2 Å². The average molecular weight is 352 g/mol. The van der Waals surface area contributed by atoms with Gasteiger partial charge in [-0.1, -0.05) is 6.92 Å². The van der Waals surface area contributed by atoms with E-state index in [2.05, 4.69) is 22.2 Å². The van der Waals surface area contributed by atoms with Crippen molar-refractivity contribution in [2.75, 3.05) is 18.4 Å². The summed E-state index contributed by atoms with van der Waals surface area (Å²) >= 11 is 0. The van der Waals surface area contributed by atoms with Crippen molar-refractivity contribution >= 4 is 23.3 Å². The van der Waals surface area contributed by atoms with Gasteiger partial charge in [-0.2, -0.15) is 0 Å². The second-order valence-corrected chi connectivity index (χ2v) is 6.95. The lowest BCUT2D eigenvalue weighted by Crippen LogP contribution is -2.38. The van der Waals surface area contributed by atoms with Gasteiger partial charge in [0.05, 0.1) is 0 Å². The molecule has 0 spiro atoms. The molecule has 0 unspecified atom stereocenters. The number of carbonyl (C=O) groups is 2. The van der Waals surface area contributed by atoms with Crippen molar-refractivity contribution < 1.29 is 9.59 Å². The molecule has 3 rings (SSSR count). The van der Waals surface area contributed by atoms with Crippen LogP contribution in [0.5, 0.6) is 0 Å². The largest absolute Gasteiger partial charge is 0.337 e. The van der Waals surface area contributed by atoms with Crippen LogP contribution >= 0.6 is 0 Å². The minimum Gasteiger partial charge on any atom is -0.337 e. The number of nitrogens with one attached hydrogen (secondary N) is 1. The molecule has 26 heavy (non-hydrogen) atoms. The van der Waals surface area contributed by atoms with Crippen LogP contribution in [0.25, 0.3) is 0 Å². The van der Waals surface area contributed by atoms with Crippen molar-refractivity contribution in [3.63, 3.8) is 0 Å². The molecule has 1 aromatic carbocycles. The summed E-state index contributed by atoms with van der Waals surface area (Å²) in [6.45, 7) is 7.15. The van der Waals surface area contributed by atoms with Crippen molar-refractivity contribution in [2.45, 2.75) is 33.6 Å². The third kappa shape index (κ3) is 4.25. The molecular formula is C20H24N4O2. The molecule has 1 aliphatic heterocycles. The van der Waals surface area contributed by atoms with Gasteiger partial charge in [-0.15, -0.1) is 0 Å². The van der Waals surface area contributed by atoms with Gasteiger partial charge in [0.15, 0.2) is 5.78 Å². The number of anilines is 2. The van der Waals surface area contributed by atoms with Crippen LogP contribution in [0.4, 0.5) is 11.6 Å². The molecular weight excluding hydrogens is 328 g/mol. The Hall–Kier alpha value is -2.76. The number of hydrogen-bond acceptors (Lipinski definition) is 5. The van der Waals surface area contributed by atoms with Gasteiger partial charge in [-0.25, -0.2) is 9.97 Å². The number of rotatable bonds is 4. The number of aromatic nitrogens is 2. The molecule has 0 atom stereocenters. The van der Waals surface area contributed by atoms with Gasteiger partial charge in [-0.05, 0) is 62.9 Å². The van der Waals surface area contributed by atoms with Gasteiger partial charge in [0.25, 0.3) is 5.91 Å². The van der Waals surface area contributed by atoms with E-state index < -0.39 is 0 Å². The molecule has 6 heteroatoms. The number of aryl methyl sites for hydroxylation is 1. The fourth-order valence-corrected chi connectivity index (χ4v) is 3.03. The molecule has 0 bridgehead atoms. The fourth-order valence-electron chi connectivity index (χ4n) is 3.03. The van der Waals surface area contributed by atoms with E-state index in [1.165, 1.54) is 6.92 Å². The molecule has 1 aromatic heterocycles. The molecule has 2 heterocycles. The zero-order chi connectivity index (χ0) is 18.7. The van der Waals surface area contributed by atoms with Crippen molar-refractivity contribution in [3.05, 3.63) is 47.3 Å². The molecule has 1 fully saturated rings. The van der Waals surface area contributed by atoms with Crippen molar-refractivity contribution in [1.29, 1.82) is 0 Å². The summed E-state index contributed by atoms with van der Waals surface area (Å²) in [6, 6.07) is 8.83. The van der Waals surface area contributed by atoms with Crippen molar-refractivity contribution in [3.8, 4) is 0 Å². The second kappa shape index (κ2) is 7.64. The number of likely N-dealkylation sites (tertiary alicyclic amines) is 1. The summed E-state index contributed by atoms with van der Waals surface area (Å²) in [5.74, 6) is 1.03. The van der Waals surface area contributed by atoms with Gasteiger partial charge in [0, 0.05) is 30.0 Å². The first-order chi connectivity index (χ1) is 12.4. The van der Waals surface area contributed by atoms with E-state index in [1.54, 1.807) is 30.3 Å². The number of benzene rings is 1. The Balaban J connectivity index is 1.76. The highest BCUT2D eigenvalue weighted by Gasteiger charge is 2.23. The maximum atomic E-state index is 12.8. The summed E-state index contributed by atoms with van der Waals surface area (Å²) < 4.78 is 0. The molecule has 0 radical (unpaired) electrons.